The third-order valence-electron chi connectivity index (χ3n) is 2.82. The van der Waals surface area contributed by atoms with Crippen molar-refractivity contribution in [3.05, 3.63) is 40.7 Å². The average Bonchev–Trinajstić information content (AvgIpc) is 2.39. The minimum Gasteiger partial charge on any atom is -0.343 e. The molecule has 0 bridgehead atoms. The lowest BCUT2D eigenvalue weighted by Crippen LogP contribution is -1.97. The maximum absolute atomic E-state index is 5.24. The van der Waals surface area contributed by atoms with E-state index >= 15 is 0 Å². The van der Waals surface area contributed by atoms with Crippen LogP contribution in [0.4, 0.5) is 0 Å². The predicted molar refractivity (Wildman–Crippen MR) is 85.3 cm³/mol. The summed E-state index contributed by atoms with van der Waals surface area (Å²) in [7, 11) is 0. The van der Waals surface area contributed by atoms with Gasteiger partial charge < -0.3 is 4.98 Å². The Labute approximate surface area is 123 Å². The third kappa shape index (κ3) is 3.67. The van der Waals surface area contributed by atoms with Crippen LogP contribution < -0.4 is 0 Å². The van der Waals surface area contributed by atoms with Crippen molar-refractivity contribution in [3.8, 4) is 11.4 Å². The SMILES string of the molecule is CCSc1ccc(-c2nc(=S)cc(C(C)C)[nH]2)cc1. The Bertz CT molecular complexity index is 600. The summed E-state index contributed by atoms with van der Waals surface area (Å²) in [5, 5.41) is 0. The standard InChI is InChI=1S/C15H18N2S2/c1-4-19-12-7-5-11(6-8-12)15-16-13(10(2)3)9-14(18)17-15/h5-10H,4H2,1-3H3,(H,16,17,18). The molecule has 2 nitrogen and oxygen atoms in total. The highest BCUT2D eigenvalue weighted by molar-refractivity contribution is 7.99. The number of rotatable bonds is 4. The molecule has 2 aromatic rings. The van der Waals surface area contributed by atoms with Crippen LogP contribution in [0, 0.1) is 4.64 Å². The predicted octanol–water partition coefficient (Wildman–Crippen LogP) is 5.04. The Balaban J connectivity index is 2.38. The summed E-state index contributed by atoms with van der Waals surface area (Å²) >= 11 is 7.08. The van der Waals surface area contributed by atoms with Crippen LogP contribution in [-0.4, -0.2) is 15.7 Å². The van der Waals surface area contributed by atoms with Gasteiger partial charge in [0.15, 0.2) is 0 Å². The number of aromatic amines is 1. The lowest BCUT2D eigenvalue weighted by molar-refractivity contribution is 0.815. The van der Waals surface area contributed by atoms with Gasteiger partial charge in [-0.1, -0.05) is 45.1 Å². The van der Waals surface area contributed by atoms with Gasteiger partial charge in [-0.15, -0.1) is 11.8 Å². The van der Waals surface area contributed by atoms with Gasteiger partial charge in [-0.2, -0.15) is 0 Å². The second-order valence-electron chi connectivity index (χ2n) is 4.64. The molecule has 2 rings (SSSR count). The zero-order valence-electron chi connectivity index (χ0n) is 11.4. The first-order valence-corrected chi connectivity index (χ1v) is 7.84. The molecule has 0 spiro atoms. The van der Waals surface area contributed by atoms with E-state index < -0.39 is 0 Å². The van der Waals surface area contributed by atoms with Crippen LogP contribution in [0.1, 0.15) is 32.4 Å². The highest BCUT2D eigenvalue weighted by atomic mass is 32.2. The smallest absolute Gasteiger partial charge is 0.139 e. The zero-order chi connectivity index (χ0) is 13.8. The molecule has 1 aromatic carbocycles. The number of thioether (sulfide) groups is 1. The molecule has 0 radical (unpaired) electrons. The molecule has 4 heteroatoms. The Hall–Kier alpha value is -1.13. The van der Waals surface area contributed by atoms with E-state index in [1.165, 1.54) is 4.90 Å². The average molecular weight is 290 g/mol. The second-order valence-corrected chi connectivity index (χ2v) is 6.39. The van der Waals surface area contributed by atoms with Gasteiger partial charge in [0.2, 0.25) is 0 Å². The van der Waals surface area contributed by atoms with Crippen molar-refractivity contribution in [1.82, 2.24) is 9.97 Å². The molecule has 100 valence electrons. The summed E-state index contributed by atoms with van der Waals surface area (Å²) in [6.07, 6.45) is 0. The lowest BCUT2D eigenvalue weighted by atomic mass is 10.1. The molecule has 0 saturated heterocycles. The molecular weight excluding hydrogens is 272 g/mol. The van der Waals surface area contributed by atoms with Gasteiger partial charge in [0.1, 0.15) is 10.5 Å². The summed E-state index contributed by atoms with van der Waals surface area (Å²) in [6.45, 7) is 6.44. The number of hydrogen-bond donors (Lipinski definition) is 1. The van der Waals surface area contributed by atoms with Gasteiger partial charge in [-0.25, -0.2) is 4.98 Å². The molecule has 0 unspecified atom stereocenters. The minimum atomic E-state index is 0.415. The first kappa shape index (κ1) is 14.3. The Morgan fingerprint density at radius 3 is 2.53 bits per heavy atom. The maximum Gasteiger partial charge on any atom is 0.139 e. The van der Waals surface area contributed by atoms with Crippen LogP contribution in [0.5, 0.6) is 0 Å². The summed E-state index contributed by atoms with van der Waals surface area (Å²) in [5.41, 5.74) is 2.20. The Kier molecular flexibility index (Phi) is 4.77. The van der Waals surface area contributed by atoms with E-state index in [9.17, 15) is 0 Å². The van der Waals surface area contributed by atoms with Gasteiger partial charge in [0.25, 0.3) is 0 Å². The number of nitrogens with one attached hydrogen (secondary N) is 1. The Morgan fingerprint density at radius 1 is 1.26 bits per heavy atom. The zero-order valence-corrected chi connectivity index (χ0v) is 13.1. The molecule has 1 N–H and O–H groups in total. The fraction of sp³-hybridized carbons (Fsp3) is 0.333. The number of benzene rings is 1. The van der Waals surface area contributed by atoms with E-state index in [4.69, 9.17) is 12.2 Å². The van der Waals surface area contributed by atoms with Crippen molar-refractivity contribution in [2.75, 3.05) is 5.75 Å². The molecule has 1 heterocycles. The molecule has 0 aliphatic heterocycles. The first-order chi connectivity index (χ1) is 9.10. The number of H-pyrrole nitrogens is 1. The lowest BCUT2D eigenvalue weighted by Gasteiger charge is -2.09. The summed E-state index contributed by atoms with van der Waals surface area (Å²) in [4.78, 5) is 9.06. The fourth-order valence-electron chi connectivity index (χ4n) is 1.80. The minimum absolute atomic E-state index is 0.415. The van der Waals surface area contributed by atoms with Gasteiger partial charge in [0, 0.05) is 16.2 Å². The second kappa shape index (κ2) is 6.35. The van der Waals surface area contributed by atoms with Crippen molar-refractivity contribution >= 4 is 24.0 Å². The van der Waals surface area contributed by atoms with Crippen molar-refractivity contribution in [3.63, 3.8) is 0 Å². The van der Waals surface area contributed by atoms with E-state index in [1.54, 1.807) is 0 Å². The van der Waals surface area contributed by atoms with Crippen LogP contribution >= 0.6 is 24.0 Å². The number of hydrogen-bond acceptors (Lipinski definition) is 3. The molecule has 0 atom stereocenters. The molecule has 19 heavy (non-hydrogen) atoms. The van der Waals surface area contributed by atoms with Crippen LogP contribution in [-0.2, 0) is 0 Å². The summed E-state index contributed by atoms with van der Waals surface area (Å²) in [6, 6.07) is 10.4. The highest BCUT2D eigenvalue weighted by Crippen LogP contribution is 2.23. The van der Waals surface area contributed by atoms with E-state index in [-0.39, 0.29) is 0 Å². The largest absolute Gasteiger partial charge is 0.343 e. The normalized spacial score (nSPS) is 10.9. The number of aromatic nitrogens is 2. The molecule has 0 saturated carbocycles. The third-order valence-corrected chi connectivity index (χ3v) is 3.93. The maximum atomic E-state index is 5.24. The fourth-order valence-corrected chi connectivity index (χ4v) is 2.68. The topological polar surface area (TPSA) is 28.7 Å². The van der Waals surface area contributed by atoms with E-state index in [0.717, 1.165) is 22.8 Å². The van der Waals surface area contributed by atoms with Gasteiger partial charge in [-0.05, 0) is 29.9 Å². The molecule has 0 aliphatic carbocycles. The van der Waals surface area contributed by atoms with Crippen LogP contribution in [0.15, 0.2) is 35.2 Å². The molecule has 0 amide bonds. The van der Waals surface area contributed by atoms with Gasteiger partial charge in [0.05, 0.1) is 0 Å². The molecular formula is C15H18N2S2. The monoisotopic (exact) mass is 290 g/mol. The van der Waals surface area contributed by atoms with Crippen LogP contribution in [0.2, 0.25) is 0 Å². The number of nitrogens with zero attached hydrogens (tertiary/aromatic N) is 1. The van der Waals surface area contributed by atoms with Gasteiger partial charge >= 0.3 is 0 Å². The molecule has 0 fully saturated rings. The van der Waals surface area contributed by atoms with E-state index in [1.807, 2.05) is 17.8 Å². The van der Waals surface area contributed by atoms with E-state index in [2.05, 4.69) is 55.0 Å². The summed E-state index contributed by atoms with van der Waals surface area (Å²) in [5.74, 6) is 2.35. The molecule has 0 aliphatic rings. The van der Waals surface area contributed by atoms with Crippen LogP contribution in [0.3, 0.4) is 0 Å². The van der Waals surface area contributed by atoms with Crippen molar-refractivity contribution in [2.45, 2.75) is 31.6 Å². The quantitative estimate of drug-likeness (QED) is 0.631. The van der Waals surface area contributed by atoms with Crippen LogP contribution in [0.25, 0.3) is 11.4 Å². The van der Waals surface area contributed by atoms with Crippen molar-refractivity contribution in [2.24, 2.45) is 0 Å². The summed E-state index contributed by atoms with van der Waals surface area (Å²) < 4.78 is 0.643. The highest BCUT2D eigenvalue weighted by Gasteiger charge is 2.05. The Morgan fingerprint density at radius 2 is 1.95 bits per heavy atom. The first-order valence-electron chi connectivity index (χ1n) is 6.44. The van der Waals surface area contributed by atoms with E-state index in [0.29, 0.717) is 10.6 Å². The van der Waals surface area contributed by atoms with Gasteiger partial charge in [-0.3, -0.25) is 0 Å². The molecule has 1 aromatic heterocycles. The van der Waals surface area contributed by atoms with Crippen molar-refractivity contribution < 1.29 is 0 Å². The van der Waals surface area contributed by atoms with Crippen molar-refractivity contribution in [1.29, 1.82) is 0 Å².